The first-order valence-electron chi connectivity index (χ1n) is 7.62. The van der Waals surface area contributed by atoms with Crippen molar-refractivity contribution < 1.29 is 27.9 Å². The molecule has 1 aliphatic rings. The van der Waals surface area contributed by atoms with Crippen LogP contribution in [0.3, 0.4) is 0 Å². The number of hydrogen-bond donors (Lipinski definition) is 3. The highest BCUT2D eigenvalue weighted by molar-refractivity contribution is 5.78. The molecular weight excluding hydrogens is 325 g/mol. The number of carboxylic acids is 1. The van der Waals surface area contributed by atoms with Crippen molar-refractivity contribution in [2.24, 2.45) is 5.92 Å². The maximum absolute atomic E-state index is 13.0. The molecular formula is C16H21F3N2O3. The Kier molecular flexibility index (Phi) is 8.25. The van der Waals surface area contributed by atoms with Gasteiger partial charge in [0.1, 0.15) is 0 Å². The number of hydrogen-bond acceptors (Lipinski definition) is 3. The van der Waals surface area contributed by atoms with E-state index in [0.717, 1.165) is 51.4 Å². The minimum absolute atomic E-state index is 0.00309. The number of halogens is 3. The Labute approximate surface area is 138 Å². The van der Waals surface area contributed by atoms with Gasteiger partial charge in [0.15, 0.2) is 17.5 Å². The Morgan fingerprint density at radius 3 is 2.38 bits per heavy atom. The zero-order chi connectivity index (χ0) is 18.1. The SMILES string of the molecule is CC(=O)O.O=C(NCc1cc(F)c(F)c(F)c1)C1CCCNCC1. The molecule has 1 unspecified atom stereocenters. The molecule has 8 heteroatoms. The van der Waals surface area contributed by atoms with E-state index in [9.17, 15) is 18.0 Å². The maximum Gasteiger partial charge on any atom is 0.300 e. The number of aliphatic carboxylic acids is 1. The van der Waals surface area contributed by atoms with Crippen LogP contribution in [-0.2, 0) is 16.1 Å². The van der Waals surface area contributed by atoms with Crippen molar-refractivity contribution in [3.8, 4) is 0 Å². The van der Waals surface area contributed by atoms with Gasteiger partial charge in [-0.1, -0.05) is 0 Å². The van der Waals surface area contributed by atoms with E-state index in [-0.39, 0.29) is 23.9 Å². The topological polar surface area (TPSA) is 78.4 Å². The summed E-state index contributed by atoms with van der Waals surface area (Å²) >= 11 is 0. The molecule has 1 heterocycles. The lowest BCUT2D eigenvalue weighted by Gasteiger charge is -2.14. The number of amides is 1. The molecule has 24 heavy (non-hydrogen) atoms. The van der Waals surface area contributed by atoms with Crippen LogP contribution in [0.5, 0.6) is 0 Å². The van der Waals surface area contributed by atoms with E-state index in [1.165, 1.54) is 0 Å². The lowest BCUT2D eigenvalue weighted by Crippen LogP contribution is -2.31. The fraction of sp³-hybridized carbons (Fsp3) is 0.500. The highest BCUT2D eigenvalue weighted by atomic mass is 19.2. The van der Waals surface area contributed by atoms with Crippen molar-refractivity contribution in [2.45, 2.75) is 32.7 Å². The van der Waals surface area contributed by atoms with Gasteiger partial charge in [-0.2, -0.15) is 0 Å². The lowest BCUT2D eigenvalue weighted by molar-refractivity contribution is -0.134. The van der Waals surface area contributed by atoms with Gasteiger partial charge in [0.2, 0.25) is 5.91 Å². The summed E-state index contributed by atoms with van der Waals surface area (Å²) < 4.78 is 38.9. The first kappa shape index (κ1) is 20.0. The summed E-state index contributed by atoms with van der Waals surface area (Å²) in [5.41, 5.74) is 0.210. The fourth-order valence-electron chi connectivity index (χ4n) is 2.32. The van der Waals surface area contributed by atoms with Crippen LogP contribution in [0.2, 0.25) is 0 Å². The summed E-state index contributed by atoms with van der Waals surface area (Å²) in [6.45, 7) is 2.77. The Bertz CT molecular complexity index is 547. The third-order valence-electron chi connectivity index (χ3n) is 3.46. The van der Waals surface area contributed by atoms with E-state index in [1.807, 2.05) is 0 Å². The van der Waals surface area contributed by atoms with Crippen molar-refractivity contribution in [1.29, 1.82) is 0 Å². The molecule has 0 saturated carbocycles. The minimum Gasteiger partial charge on any atom is -0.481 e. The van der Waals surface area contributed by atoms with Gasteiger partial charge in [-0.05, 0) is 50.0 Å². The third-order valence-corrected chi connectivity index (χ3v) is 3.46. The van der Waals surface area contributed by atoms with Crippen LogP contribution in [0.1, 0.15) is 31.7 Å². The van der Waals surface area contributed by atoms with Crippen LogP contribution in [0.25, 0.3) is 0 Å². The molecule has 1 saturated heterocycles. The van der Waals surface area contributed by atoms with Crippen molar-refractivity contribution in [1.82, 2.24) is 10.6 Å². The van der Waals surface area contributed by atoms with Gasteiger partial charge >= 0.3 is 0 Å². The molecule has 2 rings (SSSR count). The van der Waals surface area contributed by atoms with Crippen molar-refractivity contribution >= 4 is 11.9 Å². The first-order valence-corrected chi connectivity index (χ1v) is 7.62. The highest BCUT2D eigenvalue weighted by Gasteiger charge is 2.19. The largest absolute Gasteiger partial charge is 0.481 e. The molecule has 1 amide bonds. The average molecular weight is 346 g/mol. The molecule has 3 N–H and O–H groups in total. The van der Waals surface area contributed by atoms with E-state index in [4.69, 9.17) is 9.90 Å². The summed E-state index contributed by atoms with van der Waals surface area (Å²) in [6.07, 6.45) is 2.47. The first-order chi connectivity index (χ1) is 11.3. The number of carbonyl (C=O) groups excluding carboxylic acids is 1. The molecule has 1 fully saturated rings. The smallest absolute Gasteiger partial charge is 0.300 e. The van der Waals surface area contributed by atoms with Gasteiger partial charge < -0.3 is 15.7 Å². The summed E-state index contributed by atoms with van der Waals surface area (Å²) in [5.74, 6) is -5.02. The molecule has 1 aromatic carbocycles. The second-order valence-corrected chi connectivity index (χ2v) is 5.49. The van der Waals surface area contributed by atoms with E-state index in [2.05, 4.69) is 10.6 Å². The van der Waals surface area contributed by atoms with Gasteiger partial charge in [0.25, 0.3) is 5.97 Å². The summed E-state index contributed by atoms with van der Waals surface area (Å²) in [5, 5.41) is 13.3. The van der Waals surface area contributed by atoms with Crippen LogP contribution < -0.4 is 10.6 Å². The third kappa shape index (κ3) is 6.99. The van der Waals surface area contributed by atoms with Crippen LogP contribution in [0.4, 0.5) is 13.2 Å². The zero-order valence-electron chi connectivity index (χ0n) is 13.4. The molecule has 0 aromatic heterocycles. The maximum atomic E-state index is 13.0. The lowest BCUT2D eigenvalue weighted by atomic mass is 10.00. The number of nitrogens with one attached hydrogen (secondary N) is 2. The summed E-state index contributed by atoms with van der Waals surface area (Å²) in [6, 6.07) is 1.79. The quantitative estimate of drug-likeness (QED) is 0.733. The fourth-order valence-corrected chi connectivity index (χ4v) is 2.32. The minimum atomic E-state index is -1.49. The molecule has 1 atom stereocenters. The predicted octanol–water partition coefficient (Wildman–Crippen LogP) is 2.20. The van der Waals surface area contributed by atoms with Gasteiger partial charge in [-0.3, -0.25) is 9.59 Å². The number of carbonyl (C=O) groups is 2. The average Bonchev–Trinajstić information content (AvgIpc) is 2.78. The molecule has 1 aromatic rings. The Balaban J connectivity index is 0.000000648. The molecule has 1 aliphatic heterocycles. The molecule has 0 spiro atoms. The normalized spacial score (nSPS) is 17.2. The molecule has 134 valence electrons. The Hall–Kier alpha value is -2.09. The number of rotatable bonds is 3. The second kappa shape index (κ2) is 9.92. The van der Waals surface area contributed by atoms with Gasteiger partial charge in [-0.15, -0.1) is 0 Å². The van der Waals surface area contributed by atoms with Crippen LogP contribution in [0.15, 0.2) is 12.1 Å². The van der Waals surface area contributed by atoms with E-state index in [0.29, 0.717) is 0 Å². The van der Waals surface area contributed by atoms with Gasteiger partial charge in [0.05, 0.1) is 0 Å². The van der Waals surface area contributed by atoms with Crippen LogP contribution >= 0.6 is 0 Å². The van der Waals surface area contributed by atoms with Crippen LogP contribution in [-0.4, -0.2) is 30.1 Å². The second-order valence-electron chi connectivity index (χ2n) is 5.49. The molecule has 0 radical (unpaired) electrons. The Morgan fingerprint density at radius 1 is 1.21 bits per heavy atom. The van der Waals surface area contributed by atoms with Crippen molar-refractivity contribution in [3.63, 3.8) is 0 Å². The van der Waals surface area contributed by atoms with Crippen molar-refractivity contribution in [3.05, 3.63) is 35.1 Å². The number of carboxylic acid groups (broad SMARTS) is 1. The zero-order valence-corrected chi connectivity index (χ0v) is 13.4. The van der Waals surface area contributed by atoms with E-state index < -0.39 is 23.4 Å². The monoisotopic (exact) mass is 346 g/mol. The Morgan fingerprint density at radius 2 is 1.79 bits per heavy atom. The molecule has 0 aliphatic carbocycles. The van der Waals surface area contributed by atoms with Crippen molar-refractivity contribution in [2.75, 3.05) is 13.1 Å². The van der Waals surface area contributed by atoms with E-state index in [1.54, 1.807) is 0 Å². The predicted molar refractivity (Wildman–Crippen MR) is 81.7 cm³/mol. The highest BCUT2D eigenvalue weighted by Crippen LogP contribution is 2.15. The summed E-state index contributed by atoms with van der Waals surface area (Å²) in [7, 11) is 0. The number of benzene rings is 1. The van der Waals surface area contributed by atoms with Gasteiger partial charge in [0, 0.05) is 19.4 Å². The van der Waals surface area contributed by atoms with Crippen LogP contribution in [0, 0.1) is 23.4 Å². The van der Waals surface area contributed by atoms with Gasteiger partial charge in [-0.25, -0.2) is 13.2 Å². The standard InChI is InChI=1S/C14H17F3N2O.C2H4O2/c15-11-6-9(7-12(16)13(11)17)8-19-14(20)10-2-1-4-18-5-3-10;1-2(3)4/h6-7,10,18H,1-5,8H2,(H,19,20);1H3,(H,3,4). The molecule has 0 bridgehead atoms. The molecule has 5 nitrogen and oxygen atoms in total. The van der Waals surface area contributed by atoms with E-state index >= 15 is 0 Å². The summed E-state index contributed by atoms with van der Waals surface area (Å²) in [4.78, 5) is 21.0.